The Labute approximate surface area is 208 Å². The number of ether oxygens (including phenoxy) is 1. The zero-order chi connectivity index (χ0) is 24.5. The Morgan fingerprint density at radius 2 is 1.80 bits per heavy atom. The van der Waals surface area contributed by atoms with Gasteiger partial charge in [-0.1, -0.05) is 61.2 Å². The molecular formula is C29H26ClNO4. The van der Waals surface area contributed by atoms with E-state index < -0.39 is 6.04 Å². The van der Waals surface area contributed by atoms with Gasteiger partial charge in [0.15, 0.2) is 5.43 Å². The maximum atomic E-state index is 13.7. The van der Waals surface area contributed by atoms with Gasteiger partial charge < -0.3 is 9.15 Å². The lowest BCUT2D eigenvalue weighted by Crippen LogP contribution is -2.29. The van der Waals surface area contributed by atoms with Gasteiger partial charge in [-0.25, -0.2) is 0 Å². The fraction of sp³-hybridized carbons (Fsp3) is 0.241. The van der Waals surface area contributed by atoms with Crippen LogP contribution in [0, 0.1) is 6.92 Å². The number of rotatable bonds is 7. The largest absolute Gasteiger partial charge is 0.494 e. The average Bonchev–Trinajstić information content (AvgIpc) is 3.15. The van der Waals surface area contributed by atoms with Crippen LogP contribution in [0.4, 0.5) is 5.69 Å². The van der Waals surface area contributed by atoms with Crippen LogP contribution in [0.1, 0.15) is 59.5 Å². The van der Waals surface area contributed by atoms with Gasteiger partial charge in [-0.3, -0.25) is 14.5 Å². The molecule has 0 fully saturated rings. The quantitative estimate of drug-likeness (QED) is 0.261. The Kier molecular flexibility index (Phi) is 6.35. The van der Waals surface area contributed by atoms with E-state index in [-0.39, 0.29) is 17.1 Å². The molecule has 0 aliphatic carbocycles. The molecule has 1 aromatic heterocycles. The molecule has 1 aliphatic rings. The summed E-state index contributed by atoms with van der Waals surface area (Å²) in [5, 5.41) is 0.787. The highest BCUT2D eigenvalue weighted by atomic mass is 35.5. The Balaban J connectivity index is 1.67. The number of benzene rings is 3. The molecule has 5 nitrogen and oxygen atoms in total. The van der Waals surface area contributed by atoms with Crippen molar-refractivity contribution in [3.05, 3.63) is 104 Å². The number of halogens is 1. The molecule has 3 aromatic carbocycles. The molecule has 0 bridgehead atoms. The van der Waals surface area contributed by atoms with E-state index in [9.17, 15) is 9.59 Å². The van der Waals surface area contributed by atoms with Crippen LogP contribution in [-0.2, 0) is 0 Å². The van der Waals surface area contributed by atoms with Crippen molar-refractivity contribution >= 4 is 34.2 Å². The highest BCUT2D eigenvalue weighted by molar-refractivity contribution is 6.31. The lowest BCUT2D eigenvalue weighted by atomic mass is 9.98. The van der Waals surface area contributed by atoms with Crippen LogP contribution < -0.4 is 15.1 Å². The van der Waals surface area contributed by atoms with Crippen molar-refractivity contribution < 1.29 is 13.9 Å². The van der Waals surface area contributed by atoms with Crippen molar-refractivity contribution in [2.75, 3.05) is 11.5 Å². The second-order valence-corrected chi connectivity index (χ2v) is 9.29. The summed E-state index contributed by atoms with van der Waals surface area (Å²) in [4.78, 5) is 29.1. The molecule has 35 heavy (non-hydrogen) atoms. The summed E-state index contributed by atoms with van der Waals surface area (Å²) >= 11 is 6.18. The number of aryl methyl sites for hydroxylation is 1. The van der Waals surface area contributed by atoms with Crippen LogP contribution >= 0.6 is 11.6 Å². The average molecular weight is 488 g/mol. The van der Waals surface area contributed by atoms with Crippen molar-refractivity contribution in [3.63, 3.8) is 0 Å². The topological polar surface area (TPSA) is 59.8 Å². The third kappa shape index (κ3) is 4.32. The summed E-state index contributed by atoms with van der Waals surface area (Å²) in [6, 6.07) is 19.5. The summed E-state index contributed by atoms with van der Waals surface area (Å²) in [6.07, 6.45) is 3.18. The second-order valence-electron chi connectivity index (χ2n) is 8.86. The number of hydrogen-bond acceptors (Lipinski definition) is 4. The molecule has 0 radical (unpaired) electrons. The van der Waals surface area contributed by atoms with Crippen LogP contribution in [0.2, 0.25) is 5.02 Å². The van der Waals surface area contributed by atoms with E-state index in [4.69, 9.17) is 20.8 Å². The Morgan fingerprint density at radius 1 is 1.00 bits per heavy atom. The van der Waals surface area contributed by atoms with Crippen LogP contribution in [-0.4, -0.2) is 12.5 Å². The van der Waals surface area contributed by atoms with Gasteiger partial charge in [-0.2, -0.15) is 0 Å². The predicted molar refractivity (Wildman–Crippen MR) is 139 cm³/mol. The molecule has 1 amide bonds. The van der Waals surface area contributed by atoms with E-state index >= 15 is 0 Å². The molecule has 2 heterocycles. The monoisotopic (exact) mass is 487 g/mol. The maximum Gasteiger partial charge on any atom is 0.295 e. The smallest absolute Gasteiger partial charge is 0.295 e. The maximum absolute atomic E-state index is 13.7. The zero-order valence-corrected chi connectivity index (χ0v) is 20.5. The molecule has 0 spiro atoms. The van der Waals surface area contributed by atoms with Gasteiger partial charge in [0.2, 0.25) is 5.76 Å². The molecular weight excluding hydrogens is 462 g/mol. The fourth-order valence-corrected chi connectivity index (χ4v) is 4.72. The van der Waals surface area contributed by atoms with E-state index in [1.54, 1.807) is 23.1 Å². The summed E-state index contributed by atoms with van der Waals surface area (Å²) < 4.78 is 12.0. The standard InChI is InChI=1S/C29H26ClNO4/c1-3-4-5-15-34-22-8-6-7-19(16-22)26-25-27(32)23-17-20(30)11-14-24(23)35-28(25)29(33)31(26)21-12-9-18(2)10-13-21/h6-14,16-17,26H,3-5,15H2,1-2H3. The minimum absolute atomic E-state index is 0.0599. The molecule has 1 atom stereocenters. The molecule has 0 saturated heterocycles. The van der Waals surface area contributed by atoms with Crippen molar-refractivity contribution in [1.29, 1.82) is 0 Å². The summed E-state index contributed by atoms with van der Waals surface area (Å²) in [5.74, 6) is 0.415. The minimum atomic E-state index is -0.654. The van der Waals surface area contributed by atoms with Gasteiger partial charge in [-0.05, 0) is 61.4 Å². The molecule has 4 aromatic rings. The third-order valence-electron chi connectivity index (χ3n) is 6.33. The number of nitrogens with zero attached hydrogens (tertiary/aromatic N) is 1. The van der Waals surface area contributed by atoms with Gasteiger partial charge in [0, 0.05) is 10.7 Å². The molecule has 0 N–H and O–H groups in total. The van der Waals surface area contributed by atoms with E-state index in [1.807, 2.05) is 55.5 Å². The number of fused-ring (bicyclic) bond motifs is 2. The van der Waals surface area contributed by atoms with E-state index in [1.165, 1.54) is 0 Å². The van der Waals surface area contributed by atoms with E-state index in [0.717, 1.165) is 30.4 Å². The zero-order valence-electron chi connectivity index (χ0n) is 19.7. The molecule has 5 rings (SSSR count). The first-order valence-electron chi connectivity index (χ1n) is 11.9. The van der Waals surface area contributed by atoms with Crippen molar-refractivity contribution in [3.8, 4) is 5.75 Å². The lowest BCUT2D eigenvalue weighted by Gasteiger charge is -2.25. The number of anilines is 1. The third-order valence-corrected chi connectivity index (χ3v) is 6.57. The van der Waals surface area contributed by atoms with Crippen molar-refractivity contribution in [2.24, 2.45) is 0 Å². The second kappa shape index (κ2) is 9.59. The molecule has 1 aliphatic heterocycles. The number of carbonyl (C=O) groups excluding carboxylic acids is 1. The Morgan fingerprint density at radius 3 is 2.57 bits per heavy atom. The van der Waals surface area contributed by atoms with Crippen LogP contribution in [0.3, 0.4) is 0 Å². The number of amides is 1. The molecule has 6 heteroatoms. The predicted octanol–water partition coefficient (Wildman–Crippen LogP) is 7.07. The van der Waals surface area contributed by atoms with Crippen LogP contribution in [0.5, 0.6) is 5.75 Å². The van der Waals surface area contributed by atoms with Crippen molar-refractivity contribution in [2.45, 2.75) is 39.2 Å². The van der Waals surface area contributed by atoms with E-state index in [0.29, 0.717) is 39.6 Å². The normalized spacial score (nSPS) is 15.0. The van der Waals surface area contributed by atoms with Crippen LogP contribution in [0.25, 0.3) is 11.0 Å². The fourth-order valence-electron chi connectivity index (χ4n) is 4.55. The first kappa shape index (κ1) is 23.2. The Bertz CT molecular complexity index is 1460. The van der Waals surface area contributed by atoms with Crippen molar-refractivity contribution in [1.82, 2.24) is 0 Å². The van der Waals surface area contributed by atoms with Gasteiger partial charge in [0.1, 0.15) is 11.3 Å². The number of hydrogen-bond donors (Lipinski definition) is 0. The Hall–Kier alpha value is -3.57. The number of unbranched alkanes of at least 4 members (excludes halogenated alkanes) is 2. The summed E-state index contributed by atoms with van der Waals surface area (Å²) in [5.41, 5.74) is 2.93. The SMILES string of the molecule is CCCCCOc1cccc(C2c3c(oc4ccc(Cl)cc4c3=O)C(=O)N2c2ccc(C)cc2)c1. The van der Waals surface area contributed by atoms with Gasteiger partial charge in [0.25, 0.3) is 5.91 Å². The first-order chi connectivity index (χ1) is 17.0. The van der Waals surface area contributed by atoms with Crippen LogP contribution in [0.15, 0.2) is 75.9 Å². The highest BCUT2D eigenvalue weighted by Gasteiger charge is 2.43. The molecule has 178 valence electrons. The van der Waals surface area contributed by atoms with Gasteiger partial charge in [0.05, 0.1) is 23.6 Å². The highest BCUT2D eigenvalue weighted by Crippen LogP contribution is 2.42. The van der Waals surface area contributed by atoms with Gasteiger partial charge >= 0.3 is 0 Å². The first-order valence-corrected chi connectivity index (χ1v) is 12.2. The molecule has 1 unspecified atom stereocenters. The molecule has 0 saturated carbocycles. The number of carbonyl (C=O) groups is 1. The summed E-state index contributed by atoms with van der Waals surface area (Å²) in [7, 11) is 0. The van der Waals surface area contributed by atoms with Gasteiger partial charge in [-0.15, -0.1) is 0 Å². The lowest BCUT2D eigenvalue weighted by molar-refractivity contribution is 0.0971. The van der Waals surface area contributed by atoms with E-state index in [2.05, 4.69) is 6.92 Å². The summed E-state index contributed by atoms with van der Waals surface area (Å²) in [6.45, 7) is 4.75. The minimum Gasteiger partial charge on any atom is -0.494 e.